The third-order valence-corrected chi connectivity index (χ3v) is 4.75. The summed E-state index contributed by atoms with van der Waals surface area (Å²) in [6.45, 7) is 0. The Kier molecular flexibility index (Phi) is 5.17. The zero-order valence-electron chi connectivity index (χ0n) is 11.8. The van der Waals surface area contributed by atoms with Crippen LogP contribution in [0, 0.1) is 11.3 Å². The fourth-order valence-electron chi connectivity index (χ4n) is 1.79. The molecule has 0 unspecified atom stereocenters. The van der Waals surface area contributed by atoms with Crippen LogP contribution in [0.15, 0.2) is 47.4 Å². The van der Waals surface area contributed by atoms with Crippen molar-refractivity contribution in [3.63, 3.8) is 0 Å². The molecule has 1 amide bonds. The lowest BCUT2D eigenvalue weighted by Gasteiger charge is -2.07. The molecule has 2 aromatic carbocycles. The van der Waals surface area contributed by atoms with Crippen LogP contribution in [0.5, 0.6) is 0 Å². The van der Waals surface area contributed by atoms with Gasteiger partial charge in [0.25, 0.3) is 5.91 Å². The molecular formula is C15H9ClF2N2O3S. The van der Waals surface area contributed by atoms with Crippen LogP contribution in [-0.2, 0) is 9.84 Å². The Balaban J connectivity index is 2.21. The van der Waals surface area contributed by atoms with E-state index < -0.39 is 26.4 Å². The first-order valence-corrected chi connectivity index (χ1v) is 8.31. The van der Waals surface area contributed by atoms with Crippen LogP contribution < -0.4 is 5.32 Å². The highest BCUT2D eigenvalue weighted by Gasteiger charge is 2.26. The van der Waals surface area contributed by atoms with Crippen LogP contribution in [0.2, 0.25) is 5.02 Å². The number of benzene rings is 2. The minimum atomic E-state index is -4.71. The van der Waals surface area contributed by atoms with E-state index in [0.717, 1.165) is 24.3 Å². The molecule has 0 aromatic heterocycles. The molecular weight excluding hydrogens is 362 g/mol. The highest BCUT2D eigenvalue weighted by atomic mass is 35.5. The van der Waals surface area contributed by atoms with Gasteiger partial charge in [0, 0.05) is 11.3 Å². The highest BCUT2D eigenvalue weighted by molar-refractivity contribution is 7.91. The molecule has 24 heavy (non-hydrogen) atoms. The summed E-state index contributed by atoms with van der Waals surface area (Å²) in [4.78, 5) is 11.5. The molecule has 9 heteroatoms. The molecule has 0 atom stereocenters. The summed E-state index contributed by atoms with van der Waals surface area (Å²) >= 11 is 5.78. The van der Waals surface area contributed by atoms with Gasteiger partial charge in [-0.05, 0) is 42.5 Å². The number of amides is 1. The lowest BCUT2D eigenvalue weighted by atomic mass is 10.2. The van der Waals surface area contributed by atoms with Crippen LogP contribution >= 0.6 is 11.6 Å². The Morgan fingerprint density at radius 2 is 1.79 bits per heavy atom. The summed E-state index contributed by atoms with van der Waals surface area (Å²) < 4.78 is 47.5. The van der Waals surface area contributed by atoms with Gasteiger partial charge in [-0.2, -0.15) is 14.0 Å². The van der Waals surface area contributed by atoms with Gasteiger partial charge in [-0.3, -0.25) is 4.79 Å². The first-order valence-electron chi connectivity index (χ1n) is 6.39. The molecule has 0 bridgehead atoms. The molecule has 2 rings (SSSR count). The van der Waals surface area contributed by atoms with Gasteiger partial charge in [0.05, 0.1) is 15.5 Å². The van der Waals surface area contributed by atoms with Gasteiger partial charge in [-0.15, -0.1) is 0 Å². The van der Waals surface area contributed by atoms with Gasteiger partial charge in [-0.1, -0.05) is 11.6 Å². The first kappa shape index (κ1) is 17.8. The van der Waals surface area contributed by atoms with E-state index in [1.165, 1.54) is 18.2 Å². The number of hydrogen-bond acceptors (Lipinski definition) is 4. The third-order valence-electron chi connectivity index (χ3n) is 3.02. The van der Waals surface area contributed by atoms with Crippen LogP contribution in [0.3, 0.4) is 0 Å². The number of hydrogen-bond donors (Lipinski definition) is 1. The zero-order valence-corrected chi connectivity index (χ0v) is 13.4. The molecule has 0 radical (unpaired) electrons. The van der Waals surface area contributed by atoms with Crippen molar-refractivity contribution < 1.29 is 22.0 Å². The van der Waals surface area contributed by atoms with Gasteiger partial charge < -0.3 is 5.32 Å². The topological polar surface area (TPSA) is 87.0 Å². The van der Waals surface area contributed by atoms with Crippen molar-refractivity contribution in [3.8, 4) is 6.07 Å². The molecule has 0 aliphatic heterocycles. The molecule has 0 saturated heterocycles. The minimum Gasteiger partial charge on any atom is -0.322 e. The second-order valence-corrected chi connectivity index (χ2v) is 6.92. The van der Waals surface area contributed by atoms with Gasteiger partial charge >= 0.3 is 5.76 Å². The maximum absolute atomic E-state index is 12.4. The van der Waals surface area contributed by atoms with Gasteiger partial charge in [0.2, 0.25) is 9.84 Å². The molecule has 0 heterocycles. The van der Waals surface area contributed by atoms with Crippen LogP contribution in [0.25, 0.3) is 0 Å². The lowest BCUT2D eigenvalue weighted by molar-refractivity contribution is 0.102. The van der Waals surface area contributed by atoms with Crippen molar-refractivity contribution in [2.24, 2.45) is 0 Å². The van der Waals surface area contributed by atoms with E-state index in [1.807, 2.05) is 6.07 Å². The van der Waals surface area contributed by atoms with E-state index in [4.69, 9.17) is 16.9 Å². The summed E-state index contributed by atoms with van der Waals surface area (Å²) in [6.07, 6.45) is 0. The number of nitrogens with zero attached hydrogens (tertiary/aromatic N) is 1. The van der Waals surface area contributed by atoms with Crippen molar-refractivity contribution in [3.05, 3.63) is 58.6 Å². The number of nitriles is 1. The fourth-order valence-corrected chi connectivity index (χ4v) is 2.67. The van der Waals surface area contributed by atoms with Crippen molar-refractivity contribution >= 4 is 33.0 Å². The number of alkyl halides is 2. The van der Waals surface area contributed by atoms with Crippen molar-refractivity contribution in [1.29, 1.82) is 5.26 Å². The number of nitrogens with one attached hydrogen (secondary N) is 1. The van der Waals surface area contributed by atoms with Gasteiger partial charge in [-0.25, -0.2) is 8.42 Å². The van der Waals surface area contributed by atoms with Crippen LogP contribution in [0.4, 0.5) is 14.5 Å². The fraction of sp³-hybridized carbons (Fsp3) is 0.0667. The average molecular weight is 371 g/mol. The Hall–Kier alpha value is -2.50. The third kappa shape index (κ3) is 3.69. The molecule has 0 spiro atoms. The SMILES string of the molecule is N#Cc1cc(NC(=O)c2ccc(S(=O)(=O)C(F)F)cc2)ccc1Cl. The lowest BCUT2D eigenvalue weighted by Crippen LogP contribution is -2.14. The second kappa shape index (κ2) is 6.95. The van der Waals surface area contributed by atoms with E-state index in [1.54, 1.807) is 0 Å². The smallest absolute Gasteiger partial charge is 0.322 e. The Morgan fingerprint density at radius 1 is 1.17 bits per heavy atom. The molecule has 0 aliphatic rings. The number of halogens is 3. The summed E-state index contributed by atoms with van der Waals surface area (Å²) in [5, 5.41) is 11.6. The molecule has 1 N–H and O–H groups in total. The average Bonchev–Trinajstić information content (AvgIpc) is 2.56. The van der Waals surface area contributed by atoms with Crippen molar-refractivity contribution in [1.82, 2.24) is 0 Å². The normalized spacial score (nSPS) is 11.1. The minimum absolute atomic E-state index is 0.0664. The van der Waals surface area contributed by atoms with Crippen molar-refractivity contribution in [2.45, 2.75) is 10.7 Å². The predicted octanol–water partition coefficient (Wildman–Crippen LogP) is 3.46. The zero-order chi connectivity index (χ0) is 17.9. The second-order valence-electron chi connectivity index (χ2n) is 4.59. The molecule has 0 saturated carbocycles. The number of carbonyl (C=O) groups is 1. The number of rotatable bonds is 4. The van der Waals surface area contributed by atoms with E-state index >= 15 is 0 Å². The Labute approximate surface area is 141 Å². The molecule has 0 aliphatic carbocycles. The Morgan fingerprint density at radius 3 is 2.33 bits per heavy atom. The van der Waals surface area contributed by atoms with Crippen LogP contribution in [-0.4, -0.2) is 20.1 Å². The van der Waals surface area contributed by atoms with E-state index in [2.05, 4.69) is 5.32 Å². The van der Waals surface area contributed by atoms with Crippen LogP contribution in [0.1, 0.15) is 15.9 Å². The van der Waals surface area contributed by atoms with Gasteiger partial charge in [0.15, 0.2) is 0 Å². The Bertz CT molecular complexity index is 923. The quantitative estimate of drug-likeness (QED) is 0.892. The van der Waals surface area contributed by atoms with Crippen molar-refractivity contribution in [2.75, 3.05) is 5.32 Å². The molecule has 5 nitrogen and oxygen atoms in total. The highest BCUT2D eigenvalue weighted by Crippen LogP contribution is 2.21. The first-order chi connectivity index (χ1) is 11.3. The maximum atomic E-state index is 12.4. The van der Waals surface area contributed by atoms with Gasteiger partial charge in [0.1, 0.15) is 6.07 Å². The summed E-state index contributed by atoms with van der Waals surface area (Å²) in [6, 6.07) is 10.2. The largest absolute Gasteiger partial charge is 0.341 e. The number of carbonyl (C=O) groups excluding carboxylic acids is 1. The number of anilines is 1. The molecule has 2 aromatic rings. The summed E-state index contributed by atoms with van der Waals surface area (Å²) in [5.74, 6) is -4.13. The van der Waals surface area contributed by atoms with E-state index in [-0.39, 0.29) is 16.1 Å². The molecule has 124 valence electrons. The predicted molar refractivity (Wildman–Crippen MR) is 83.8 cm³/mol. The van der Waals surface area contributed by atoms with E-state index in [9.17, 15) is 22.0 Å². The van der Waals surface area contributed by atoms with E-state index in [0.29, 0.717) is 5.69 Å². The summed E-state index contributed by atoms with van der Waals surface area (Å²) in [7, 11) is -4.71. The molecule has 0 fully saturated rings. The maximum Gasteiger partial charge on any atom is 0.341 e. The monoisotopic (exact) mass is 370 g/mol. The number of sulfone groups is 1. The standard InChI is InChI=1S/C15H9ClF2N2O3S/c16-13-6-3-11(7-10(13)8-19)20-14(21)9-1-4-12(5-2-9)24(22,23)15(17)18/h1-7,15H,(H,20,21). The summed E-state index contributed by atoms with van der Waals surface area (Å²) in [5.41, 5.74) is 0.551.